The maximum Gasteiger partial charge on any atom is 0.238 e. The molecule has 70 valence electrons. The van der Waals surface area contributed by atoms with Gasteiger partial charge in [-0.2, -0.15) is 0 Å². The number of carbonyl (C=O) groups is 1. The number of nitrogens with zero attached hydrogens (tertiary/aromatic N) is 1. The fraction of sp³-hybridized carbons (Fsp3) is 0.444. The van der Waals surface area contributed by atoms with E-state index in [0.717, 1.165) is 6.54 Å². The summed E-state index contributed by atoms with van der Waals surface area (Å²) in [6.45, 7) is 3.25. The van der Waals surface area contributed by atoms with Crippen molar-refractivity contribution in [2.45, 2.75) is 13.1 Å². The maximum atomic E-state index is 11.4. The summed E-state index contributed by atoms with van der Waals surface area (Å²) in [6, 6.07) is 4.07. The molecule has 0 radical (unpaired) electrons. The summed E-state index contributed by atoms with van der Waals surface area (Å²) >= 11 is 1.68. The van der Waals surface area contributed by atoms with Crippen LogP contribution in [0.25, 0.3) is 0 Å². The lowest BCUT2D eigenvalue weighted by Gasteiger charge is -2.21. The van der Waals surface area contributed by atoms with Crippen LogP contribution in [0.15, 0.2) is 17.5 Å². The van der Waals surface area contributed by atoms with Gasteiger partial charge in [-0.05, 0) is 18.4 Å². The summed E-state index contributed by atoms with van der Waals surface area (Å²) in [5.41, 5.74) is 0. The molecular weight excluding hydrogens is 184 g/mol. The zero-order chi connectivity index (χ0) is 9.26. The molecule has 0 spiro atoms. The molecule has 1 amide bonds. The lowest BCUT2D eigenvalue weighted by atomic mass is 10.3. The molecule has 13 heavy (non-hydrogen) atoms. The van der Waals surface area contributed by atoms with Gasteiger partial charge in [0.15, 0.2) is 0 Å². The van der Waals surface area contributed by atoms with Crippen LogP contribution in [0.5, 0.6) is 0 Å². The summed E-state index contributed by atoms with van der Waals surface area (Å²) in [5.74, 6) is 0.195. The Balaban J connectivity index is 2.21. The molecular formula is C9H12N2OS. The molecule has 1 aliphatic rings. The van der Waals surface area contributed by atoms with Crippen molar-refractivity contribution >= 4 is 17.2 Å². The van der Waals surface area contributed by atoms with Crippen molar-refractivity contribution in [3.05, 3.63) is 22.4 Å². The second-order valence-electron chi connectivity index (χ2n) is 2.98. The molecule has 1 aliphatic heterocycles. The van der Waals surface area contributed by atoms with Crippen LogP contribution in [0.4, 0.5) is 0 Å². The number of nitrogens with one attached hydrogen (secondary N) is 1. The first kappa shape index (κ1) is 8.72. The van der Waals surface area contributed by atoms with Gasteiger partial charge in [0.1, 0.15) is 6.17 Å². The highest BCUT2D eigenvalue weighted by atomic mass is 32.1. The molecule has 4 heteroatoms. The van der Waals surface area contributed by atoms with Crippen molar-refractivity contribution in [3.8, 4) is 0 Å². The number of amides is 1. The standard InChI is InChI=1S/C9H12N2OS/c1-2-11-8(12)6-10-9(11)7-4-3-5-13-7/h3-5,9-10H,2,6H2,1H3. The monoisotopic (exact) mass is 196 g/mol. The number of carbonyl (C=O) groups excluding carboxylic acids is 1. The Hall–Kier alpha value is -0.870. The largest absolute Gasteiger partial charge is 0.321 e. The predicted octanol–water partition coefficient (Wildman–Crippen LogP) is 1.20. The van der Waals surface area contributed by atoms with Crippen molar-refractivity contribution in [2.75, 3.05) is 13.1 Å². The van der Waals surface area contributed by atoms with E-state index in [9.17, 15) is 4.79 Å². The molecule has 0 aromatic carbocycles. The minimum absolute atomic E-state index is 0.109. The normalized spacial score (nSPS) is 22.7. The Bertz CT molecular complexity index is 297. The van der Waals surface area contributed by atoms with Gasteiger partial charge in [0.25, 0.3) is 0 Å². The fourth-order valence-corrected chi connectivity index (χ4v) is 2.41. The molecule has 3 nitrogen and oxygen atoms in total. The molecule has 1 fully saturated rings. The number of rotatable bonds is 2. The van der Waals surface area contributed by atoms with E-state index in [2.05, 4.69) is 11.4 Å². The Labute approximate surface area is 81.4 Å². The van der Waals surface area contributed by atoms with Gasteiger partial charge >= 0.3 is 0 Å². The van der Waals surface area contributed by atoms with Crippen LogP contribution in [0.2, 0.25) is 0 Å². The molecule has 0 saturated carbocycles. The minimum atomic E-state index is 0.109. The summed E-state index contributed by atoms with van der Waals surface area (Å²) in [4.78, 5) is 14.5. The lowest BCUT2D eigenvalue weighted by molar-refractivity contribution is -0.127. The molecule has 1 aromatic heterocycles. The van der Waals surface area contributed by atoms with E-state index in [1.807, 2.05) is 23.3 Å². The minimum Gasteiger partial charge on any atom is -0.321 e. The van der Waals surface area contributed by atoms with Crippen molar-refractivity contribution in [2.24, 2.45) is 0 Å². The molecule has 1 atom stereocenters. The third-order valence-electron chi connectivity index (χ3n) is 2.23. The van der Waals surface area contributed by atoms with Crippen LogP contribution in [0, 0.1) is 0 Å². The van der Waals surface area contributed by atoms with Gasteiger partial charge < -0.3 is 4.90 Å². The average molecular weight is 196 g/mol. The van der Waals surface area contributed by atoms with Gasteiger partial charge in [-0.15, -0.1) is 11.3 Å². The molecule has 0 aliphatic carbocycles. The third kappa shape index (κ3) is 1.47. The van der Waals surface area contributed by atoms with Crippen LogP contribution in [-0.2, 0) is 4.79 Å². The van der Waals surface area contributed by atoms with Crippen molar-refractivity contribution in [1.29, 1.82) is 0 Å². The Morgan fingerprint density at radius 1 is 1.77 bits per heavy atom. The van der Waals surface area contributed by atoms with Gasteiger partial charge in [-0.25, -0.2) is 0 Å². The number of hydrogen-bond acceptors (Lipinski definition) is 3. The second-order valence-corrected chi connectivity index (χ2v) is 3.96. The molecule has 1 saturated heterocycles. The van der Waals surface area contributed by atoms with Gasteiger partial charge in [-0.3, -0.25) is 10.1 Å². The van der Waals surface area contributed by atoms with Crippen molar-refractivity contribution < 1.29 is 4.79 Å². The zero-order valence-electron chi connectivity index (χ0n) is 7.49. The third-order valence-corrected chi connectivity index (χ3v) is 3.16. The number of thiophene rings is 1. The Kier molecular flexibility index (Phi) is 2.33. The van der Waals surface area contributed by atoms with Gasteiger partial charge in [-0.1, -0.05) is 6.07 Å². The van der Waals surface area contributed by atoms with Crippen LogP contribution < -0.4 is 5.32 Å². The molecule has 0 bridgehead atoms. The van der Waals surface area contributed by atoms with E-state index in [1.165, 1.54) is 4.88 Å². The smallest absolute Gasteiger partial charge is 0.238 e. The quantitative estimate of drug-likeness (QED) is 0.771. The lowest BCUT2D eigenvalue weighted by Crippen LogP contribution is -2.29. The first-order valence-corrected chi connectivity index (χ1v) is 5.27. The predicted molar refractivity (Wildman–Crippen MR) is 52.4 cm³/mol. The van der Waals surface area contributed by atoms with E-state index in [1.54, 1.807) is 11.3 Å². The first-order chi connectivity index (χ1) is 6.33. The SMILES string of the molecule is CCN1C(=O)CNC1c1cccs1. The van der Waals surface area contributed by atoms with E-state index in [-0.39, 0.29) is 12.1 Å². The van der Waals surface area contributed by atoms with Gasteiger partial charge in [0.2, 0.25) is 5.91 Å². The fourth-order valence-electron chi connectivity index (χ4n) is 1.60. The van der Waals surface area contributed by atoms with E-state index >= 15 is 0 Å². The average Bonchev–Trinajstić information content (AvgIpc) is 2.71. The highest BCUT2D eigenvalue weighted by Crippen LogP contribution is 2.25. The van der Waals surface area contributed by atoms with Crippen LogP contribution >= 0.6 is 11.3 Å². The van der Waals surface area contributed by atoms with Crippen LogP contribution in [-0.4, -0.2) is 23.9 Å². The molecule has 2 rings (SSSR count). The highest BCUT2D eigenvalue weighted by molar-refractivity contribution is 7.10. The number of likely N-dealkylation sites (N-methyl/N-ethyl adjacent to an activating group) is 1. The van der Waals surface area contributed by atoms with Gasteiger partial charge in [0, 0.05) is 11.4 Å². The summed E-state index contributed by atoms with van der Waals surface area (Å²) in [5, 5.41) is 5.23. The summed E-state index contributed by atoms with van der Waals surface area (Å²) in [7, 11) is 0. The summed E-state index contributed by atoms with van der Waals surface area (Å²) in [6.07, 6.45) is 0.109. The van der Waals surface area contributed by atoms with E-state index in [0.29, 0.717) is 6.54 Å². The van der Waals surface area contributed by atoms with Crippen LogP contribution in [0.1, 0.15) is 18.0 Å². The first-order valence-electron chi connectivity index (χ1n) is 4.39. The Morgan fingerprint density at radius 2 is 2.62 bits per heavy atom. The molecule has 1 unspecified atom stereocenters. The van der Waals surface area contributed by atoms with E-state index in [4.69, 9.17) is 0 Å². The topological polar surface area (TPSA) is 32.3 Å². The molecule has 1 aromatic rings. The van der Waals surface area contributed by atoms with Gasteiger partial charge in [0.05, 0.1) is 6.54 Å². The van der Waals surface area contributed by atoms with E-state index < -0.39 is 0 Å². The Morgan fingerprint density at radius 3 is 3.23 bits per heavy atom. The zero-order valence-corrected chi connectivity index (χ0v) is 8.30. The molecule has 1 N–H and O–H groups in total. The second kappa shape index (κ2) is 3.47. The maximum absolute atomic E-state index is 11.4. The molecule has 2 heterocycles. The van der Waals surface area contributed by atoms with Crippen LogP contribution in [0.3, 0.4) is 0 Å². The van der Waals surface area contributed by atoms with Crippen molar-refractivity contribution in [3.63, 3.8) is 0 Å². The van der Waals surface area contributed by atoms with Crippen molar-refractivity contribution in [1.82, 2.24) is 10.2 Å². The summed E-state index contributed by atoms with van der Waals surface area (Å²) < 4.78 is 0. The highest BCUT2D eigenvalue weighted by Gasteiger charge is 2.30. The number of hydrogen-bond donors (Lipinski definition) is 1.